The second kappa shape index (κ2) is 10.6. The molecule has 0 saturated heterocycles. The summed E-state index contributed by atoms with van der Waals surface area (Å²) in [7, 11) is -1.43. The van der Waals surface area contributed by atoms with Crippen LogP contribution in [0.4, 0.5) is 0 Å². The SMILES string of the molecule is CCOC(C)OS(C)(C)OCCCCCCBr. The summed E-state index contributed by atoms with van der Waals surface area (Å²) < 4.78 is 16.9. The Balaban J connectivity index is 3.56. The van der Waals surface area contributed by atoms with Gasteiger partial charge < -0.3 is 4.74 Å². The summed E-state index contributed by atoms with van der Waals surface area (Å²) in [4.78, 5) is 0. The predicted molar refractivity (Wildman–Crippen MR) is 79.8 cm³/mol. The first-order valence-corrected chi connectivity index (χ1v) is 9.67. The van der Waals surface area contributed by atoms with Gasteiger partial charge in [-0.2, -0.15) is 10.6 Å². The van der Waals surface area contributed by atoms with Crippen molar-refractivity contribution in [3.63, 3.8) is 0 Å². The van der Waals surface area contributed by atoms with Crippen molar-refractivity contribution in [1.29, 1.82) is 0 Å². The Kier molecular flexibility index (Phi) is 11.1. The Bertz CT molecular complexity index is 179. The van der Waals surface area contributed by atoms with Crippen molar-refractivity contribution in [2.45, 2.75) is 45.8 Å². The molecule has 0 rings (SSSR count). The highest BCUT2D eigenvalue weighted by Gasteiger charge is 2.13. The molecule has 0 aliphatic rings. The fraction of sp³-hybridized carbons (Fsp3) is 1.00. The van der Waals surface area contributed by atoms with E-state index in [0.717, 1.165) is 18.4 Å². The second-order valence-corrected chi connectivity index (χ2v) is 7.69. The molecule has 0 aromatic carbocycles. The van der Waals surface area contributed by atoms with E-state index in [2.05, 4.69) is 15.9 Å². The minimum atomic E-state index is -1.43. The van der Waals surface area contributed by atoms with Gasteiger partial charge >= 0.3 is 0 Å². The topological polar surface area (TPSA) is 27.7 Å². The van der Waals surface area contributed by atoms with Crippen LogP contribution in [0.3, 0.4) is 0 Å². The molecule has 17 heavy (non-hydrogen) atoms. The molecule has 0 fully saturated rings. The molecule has 0 heterocycles. The maximum atomic E-state index is 5.80. The molecule has 0 aromatic rings. The van der Waals surface area contributed by atoms with E-state index in [4.69, 9.17) is 13.1 Å². The molecule has 0 bridgehead atoms. The highest BCUT2D eigenvalue weighted by Crippen LogP contribution is 2.43. The molecule has 0 aliphatic carbocycles. The number of halogens is 1. The first kappa shape index (κ1) is 17.7. The van der Waals surface area contributed by atoms with Crippen LogP contribution in [-0.2, 0) is 13.1 Å². The fourth-order valence-corrected chi connectivity index (χ4v) is 3.11. The summed E-state index contributed by atoms with van der Waals surface area (Å²) >= 11 is 3.43. The summed E-state index contributed by atoms with van der Waals surface area (Å²) in [5, 5.41) is 1.10. The average molecular weight is 331 g/mol. The van der Waals surface area contributed by atoms with E-state index >= 15 is 0 Å². The maximum Gasteiger partial charge on any atom is 0.177 e. The van der Waals surface area contributed by atoms with Crippen LogP contribution >= 0.6 is 26.5 Å². The van der Waals surface area contributed by atoms with Crippen LogP contribution in [0.25, 0.3) is 0 Å². The molecular weight excluding hydrogens is 304 g/mol. The van der Waals surface area contributed by atoms with Crippen molar-refractivity contribution in [3.05, 3.63) is 0 Å². The number of unbranched alkanes of at least 4 members (excludes halogenated alkanes) is 3. The lowest BCUT2D eigenvalue weighted by molar-refractivity contribution is -0.0590. The molecule has 0 radical (unpaired) electrons. The standard InChI is InChI=1S/C12H27BrO3S/c1-5-14-12(2)16-17(3,4)15-11-9-7-6-8-10-13/h12H,5-11H2,1-4H3. The molecular formula is C12H27BrO3S. The Hall–Kier alpha value is 0.710. The third-order valence-corrected chi connectivity index (χ3v) is 4.19. The van der Waals surface area contributed by atoms with Gasteiger partial charge in [0.05, 0.1) is 6.61 Å². The molecule has 0 aliphatic heterocycles. The molecule has 0 amide bonds. The van der Waals surface area contributed by atoms with Gasteiger partial charge in [0, 0.05) is 24.4 Å². The highest BCUT2D eigenvalue weighted by atomic mass is 79.9. The minimum Gasteiger partial charge on any atom is -0.351 e. The van der Waals surface area contributed by atoms with E-state index in [9.17, 15) is 0 Å². The number of hydrogen-bond acceptors (Lipinski definition) is 3. The molecule has 3 nitrogen and oxygen atoms in total. The second-order valence-electron chi connectivity index (χ2n) is 4.19. The lowest BCUT2D eigenvalue weighted by Gasteiger charge is -2.37. The highest BCUT2D eigenvalue weighted by molar-refractivity contribution is 9.09. The molecule has 1 unspecified atom stereocenters. The van der Waals surface area contributed by atoms with Gasteiger partial charge in [0.2, 0.25) is 0 Å². The molecule has 5 heteroatoms. The van der Waals surface area contributed by atoms with Crippen LogP contribution in [0.5, 0.6) is 0 Å². The Morgan fingerprint density at radius 2 is 1.76 bits per heavy atom. The number of alkyl halides is 1. The fourth-order valence-electron chi connectivity index (χ4n) is 1.43. The van der Waals surface area contributed by atoms with Gasteiger partial charge in [0.1, 0.15) is 0 Å². The van der Waals surface area contributed by atoms with E-state index in [1.54, 1.807) is 0 Å². The van der Waals surface area contributed by atoms with E-state index < -0.39 is 10.6 Å². The van der Waals surface area contributed by atoms with Crippen LogP contribution in [0.2, 0.25) is 0 Å². The first-order chi connectivity index (χ1) is 8.02. The van der Waals surface area contributed by atoms with Crippen molar-refractivity contribution >= 4 is 26.5 Å². The zero-order chi connectivity index (χ0) is 13.1. The molecule has 106 valence electrons. The lowest BCUT2D eigenvalue weighted by atomic mass is 10.2. The molecule has 0 spiro atoms. The van der Waals surface area contributed by atoms with Gasteiger partial charge in [-0.05, 0) is 26.7 Å². The van der Waals surface area contributed by atoms with Gasteiger partial charge in [-0.3, -0.25) is 8.37 Å². The van der Waals surface area contributed by atoms with Crippen molar-refractivity contribution in [1.82, 2.24) is 0 Å². The molecule has 0 saturated carbocycles. The van der Waals surface area contributed by atoms with Crippen molar-refractivity contribution in [2.24, 2.45) is 0 Å². The number of hydrogen-bond donors (Lipinski definition) is 0. The van der Waals surface area contributed by atoms with E-state index in [1.807, 2.05) is 26.4 Å². The van der Waals surface area contributed by atoms with Gasteiger partial charge in [-0.1, -0.05) is 28.8 Å². The van der Waals surface area contributed by atoms with E-state index in [0.29, 0.717) is 6.61 Å². The minimum absolute atomic E-state index is 0.182. The molecule has 0 N–H and O–H groups in total. The van der Waals surface area contributed by atoms with Crippen molar-refractivity contribution in [2.75, 3.05) is 31.1 Å². The largest absolute Gasteiger partial charge is 0.351 e. The van der Waals surface area contributed by atoms with Crippen molar-refractivity contribution < 1.29 is 13.1 Å². The predicted octanol–water partition coefficient (Wildman–Crippen LogP) is 4.25. The zero-order valence-corrected chi connectivity index (χ0v) is 13.9. The Morgan fingerprint density at radius 3 is 2.35 bits per heavy atom. The van der Waals surface area contributed by atoms with Gasteiger partial charge in [0.15, 0.2) is 6.29 Å². The smallest absolute Gasteiger partial charge is 0.177 e. The summed E-state index contributed by atoms with van der Waals surface area (Å²) in [6.07, 6.45) is 8.69. The normalized spacial score (nSPS) is 14.9. The van der Waals surface area contributed by atoms with Gasteiger partial charge in [-0.15, -0.1) is 0 Å². The van der Waals surface area contributed by atoms with E-state index in [-0.39, 0.29) is 6.29 Å². The molecule has 1 atom stereocenters. The Morgan fingerprint density at radius 1 is 1.12 bits per heavy atom. The summed E-state index contributed by atoms with van der Waals surface area (Å²) in [6, 6.07) is 0. The van der Waals surface area contributed by atoms with Gasteiger partial charge in [0.25, 0.3) is 0 Å². The number of ether oxygens (including phenoxy) is 1. The number of rotatable bonds is 11. The summed E-state index contributed by atoms with van der Waals surface area (Å²) in [6.45, 7) is 5.33. The Labute approximate surface area is 116 Å². The first-order valence-electron chi connectivity index (χ1n) is 6.25. The van der Waals surface area contributed by atoms with Gasteiger partial charge in [-0.25, -0.2) is 0 Å². The third kappa shape index (κ3) is 11.5. The quantitative estimate of drug-likeness (QED) is 0.322. The van der Waals surface area contributed by atoms with Crippen LogP contribution in [0.1, 0.15) is 39.5 Å². The monoisotopic (exact) mass is 330 g/mol. The average Bonchev–Trinajstić information content (AvgIpc) is 2.22. The van der Waals surface area contributed by atoms with Crippen LogP contribution in [-0.4, -0.2) is 37.3 Å². The summed E-state index contributed by atoms with van der Waals surface area (Å²) in [5.74, 6) is 0. The maximum absolute atomic E-state index is 5.80. The lowest BCUT2D eigenvalue weighted by Crippen LogP contribution is -2.17. The van der Waals surface area contributed by atoms with Crippen molar-refractivity contribution in [3.8, 4) is 0 Å². The van der Waals surface area contributed by atoms with E-state index in [1.165, 1.54) is 19.3 Å². The van der Waals surface area contributed by atoms with Crippen LogP contribution in [0.15, 0.2) is 0 Å². The zero-order valence-electron chi connectivity index (χ0n) is 11.5. The molecule has 0 aromatic heterocycles. The van der Waals surface area contributed by atoms with Crippen LogP contribution < -0.4 is 0 Å². The van der Waals surface area contributed by atoms with Crippen LogP contribution in [0, 0.1) is 0 Å². The summed E-state index contributed by atoms with van der Waals surface area (Å²) in [5.41, 5.74) is 0. The third-order valence-electron chi connectivity index (χ3n) is 2.16.